The van der Waals surface area contributed by atoms with Gasteiger partial charge in [0.05, 0.1) is 0 Å². The smallest absolute Gasteiger partial charge is 0.119 e. The van der Waals surface area contributed by atoms with Gasteiger partial charge in [0, 0.05) is 12.6 Å². The fourth-order valence-electron chi connectivity index (χ4n) is 1.75. The molecule has 0 amide bonds. The molecule has 0 saturated carbocycles. The van der Waals surface area contributed by atoms with Crippen LogP contribution in [0.25, 0.3) is 0 Å². The highest BCUT2D eigenvalue weighted by atomic mass is 16.5. The van der Waals surface area contributed by atoms with Crippen molar-refractivity contribution in [1.82, 2.24) is 5.32 Å². The average Bonchev–Trinajstić information content (AvgIpc) is 2.37. The van der Waals surface area contributed by atoms with Crippen LogP contribution in [-0.4, -0.2) is 30.9 Å². The summed E-state index contributed by atoms with van der Waals surface area (Å²) in [7, 11) is 0. The van der Waals surface area contributed by atoms with Crippen LogP contribution in [0.2, 0.25) is 0 Å². The predicted octanol–water partition coefficient (Wildman–Crippen LogP) is 2.43. The third-order valence-electron chi connectivity index (χ3n) is 3.09. The van der Waals surface area contributed by atoms with Gasteiger partial charge in [-0.05, 0) is 56.5 Å². The lowest BCUT2D eigenvalue weighted by Gasteiger charge is -2.18. The summed E-state index contributed by atoms with van der Waals surface area (Å²) in [6.07, 6.45) is 1.82. The quantitative estimate of drug-likeness (QED) is 0.745. The van der Waals surface area contributed by atoms with Crippen molar-refractivity contribution in [2.45, 2.75) is 39.7 Å². The number of rotatable bonds is 8. The van der Waals surface area contributed by atoms with Gasteiger partial charge in [-0.2, -0.15) is 0 Å². The van der Waals surface area contributed by atoms with Crippen molar-refractivity contribution in [1.29, 1.82) is 0 Å². The average molecular weight is 251 g/mol. The van der Waals surface area contributed by atoms with Gasteiger partial charge in [-0.15, -0.1) is 0 Å². The SMILES string of the molecule is CCCNC(CCO)COc1ccc(C)c(C)c1. The fraction of sp³-hybridized carbons (Fsp3) is 0.600. The second kappa shape index (κ2) is 8.11. The summed E-state index contributed by atoms with van der Waals surface area (Å²) in [4.78, 5) is 0. The van der Waals surface area contributed by atoms with E-state index in [1.54, 1.807) is 0 Å². The molecule has 0 spiro atoms. The molecule has 3 nitrogen and oxygen atoms in total. The van der Waals surface area contributed by atoms with Crippen molar-refractivity contribution < 1.29 is 9.84 Å². The van der Waals surface area contributed by atoms with Crippen LogP contribution in [0, 0.1) is 13.8 Å². The van der Waals surface area contributed by atoms with Crippen LogP contribution >= 0.6 is 0 Å². The van der Waals surface area contributed by atoms with Crippen LogP contribution in [0.1, 0.15) is 30.9 Å². The fourth-order valence-corrected chi connectivity index (χ4v) is 1.75. The van der Waals surface area contributed by atoms with E-state index in [9.17, 15) is 0 Å². The van der Waals surface area contributed by atoms with Crippen LogP contribution in [0.15, 0.2) is 18.2 Å². The second-order valence-corrected chi connectivity index (χ2v) is 4.72. The molecule has 1 aromatic carbocycles. The zero-order valence-electron chi connectivity index (χ0n) is 11.7. The topological polar surface area (TPSA) is 41.5 Å². The molecule has 1 atom stereocenters. The molecule has 0 bridgehead atoms. The maximum Gasteiger partial charge on any atom is 0.119 e. The standard InChI is InChI=1S/C15H25NO2/c1-4-8-16-14(7-9-17)11-18-15-6-5-12(2)13(3)10-15/h5-6,10,14,16-17H,4,7-9,11H2,1-3H3. The van der Waals surface area contributed by atoms with E-state index in [1.165, 1.54) is 11.1 Å². The lowest BCUT2D eigenvalue weighted by Crippen LogP contribution is -2.36. The molecule has 0 aromatic heterocycles. The second-order valence-electron chi connectivity index (χ2n) is 4.72. The summed E-state index contributed by atoms with van der Waals surface area (Å²) >= 11 is 0. The Morgan fingerprint density at radius 1 is 1.28 bits per heavy atom. The Balaban J connectivity index is 2.47. The zero-order chi connectivity index (χ0) is 13.4. The maximum atomic E-state index is 9.02. The first-order valence-electron chi connectivity index (χ1n) is 6.71. The lowest BCUT2D eigenvalue weighted by atomic mass is 10.1. The monoisotopic (exact) mass is 251 g/mol. The number of nitrogens with one attached hydrogen (secondary N) is 1. The van der Waals surface area contributed by atoms with E-state index in [1.807, 2.05) is 6.07 Å². The minimum absolute atomic E-state index is 0.192. The summed E-state index contributed by atoms with van der Waals surface area (Å²) in [6, 6.07) is 6.35. The van der Waals surface area contributed by atoms with Crippen LogP contribution in [0.3, 0.4) is 0 Å². The molecule has 18 heavy (non-hydrogen) atoms. The Bertz CT molecular complexity index is 352. The summed E-state index contributed by atoms with van der Waals surface area (Å²) in [5.41, 5.74) is 2.52. The molecule has 0 heterocycles. The van der Waals surface area contributed by atoms with Crippen molar-refractivity contribution in [3.8, 4) is 5.75 Å². The van der Waals surface area contributed by atoms with Gasteiger partial charge in [0.2, 0.25) is 0 Å². The van der Waals surface area contributed by atoms with E-state index in [0.717, 1.165) is 25.1 Å². The molecule has 0 saturated heterocycles. The summed E-state index contributed by atoms with van der Waals surface area (Å²) < 4.78 is 5.78. The van der Waals surface area contributed by atoms with E-state index < -0.39 is 0 Å². The summed E-state index contributed by atoms with van der Waals surface area (Å²) in [5, 5.41) is 12.4. The minimum Gasteiger partial charge on any atom is -0.492 e. The van der Waals surface area contributed by atoms with E-state index >= 15 is 0 Å². The Morgan fingerprint density at radius 2 is 2.06 bits per heavy atom. The van der Waals surface area contributed by atoms with E-state index in [0.29, 0.717) is 6.61 Å². The number of hydrogen-bond acceptors (Lipinski definition) is 3. The number of hydrogen-bond donors (Lipinski definition) is 2. The molecule has 0 radical (unpaired) electrons. The Hall–Kier alpha value is -1.06. The number of benzene rings is 1. The maximum absolute atomic E-state index is 9.02. The molecule has 0 fully saturated rings. The number of aliphatic hydroxyl groups excluding tert-OH is 1. The van der Waals surface area contributed by atoms with Gasteiger partial charge in [-0.1, -0.05) is 13.0 Å². The highest BCUT2D eigenvalue weighted by molar-refractivity contribution is 5.33. The van der Waals surface area contributed by atoms with Gasteiger partial charge in [0.1, 0.15) is 12.4 Å². The summed E-state index contributed by atoms with van der Waals surface area (Å²) in [5.74, 6) is 0.902. The van der Waals surface area contributed by atoms with Crippen molar-refractivity contribution in [2.24, 2.45) is 0 Å². The van der Waals surface area contributed by atoms with Crippen molar-refractivity contribution in [3.05, 3.63) is 29.3 Å². The molecule has 1 rings (SSSR count). The van der Waals surface area contributed by atoms with Gasteiger partial charge in [-0.25, -0.2) is 0 Å². The van der Waals surface area contributed by atoms with Crippen molar-refractivity contribution in [3.63, 3.8) is 0 Å². The molecular formula is C15H25NO2. The molecule has 1 aromatic rings. The van der Waals surface area contributed by atoms with Crippen molar-refractivity contribution in [2.75, 3.05) is 19.8 Å². The first-order valence-corrected chi connectivity index (χ1v) is 6.71. The Labute approximate surface area is 110 Å². The van der Waals surface area contributed by atoms with Gasteiger partial charge in [0.15, 0.2) is 0 Å². The first kappa shape index (κ1) is 15.0. The zero-order valence-corrected chi connectivity index (χ0v) is 11.7. The number of aryl methyl sites for hydroxylation is 2. The van der Waals surface area contributed by atoms with Gasteiger partial charge in [-0.3, -0.25) is 0 Å². The van der Waals surface area contributed by atoms with Gasteiger partial charge in [0.25, 0.3) is 0 Å². The third-order valence-corrected chi connectivity index (χ3v) is 3.09. The predicted molar refractivity (Wildman–Crippen MR) is 75.2 cm³/mol. The molecule has 0 aliphatic carbocycles. The lowest BCUT2D eigenvalue weighted by molar-refractivity contribution is 0.214. The normalized spacial score (nSPS) is 12.4. The largest absolute Gasteiger partial charge is 0.492 e. The molecule has 102 valence electrons. The minimum atomic E-state index is 0.192. The number of aliphatic hydroxyl groups is 1. The van der Waals surface area contributed by atoms with Crippen LogP contribution in [0.4, 0.5) is 0 Å². The summed E-state index contributed by atoms with van der Waals surface area (Å²) in [6.45, 7) is 8.06. The van der Waals surface area contributed by atoms with Gasteiger partial charge >= 0.3 is 0 Å². The Morgan fingerprint density at radius 3 is 2.67 bits per heavy atom. The third kappa shape index (κ3) is 5.07. The van der Waals surface area contributed by atoms with Crippen molar-refractivity contribution >= 4 is 0 Å². The van der Waals surface area contributed by atoms with Crippen LogP contribution in [-0.2, 0) is 0 Å². The Kier molecular flexibility index (Phi) is 6.76. The molecule has 1 unspecified atom stereocenters. The first-order chi connectivity index (χ1) is 8.67. The number of ether oxygens (including phenoxy) is 1. The highest BCUT2D eigenvalue weighted by Gasteiger charge is 2.08. The van der Waals surface area contributed by atoms with E-state index in [-0.39, 0.29) is 12.6 Å². The highest BCUT2D eigenvalue weighted by Crippen LogP contribution is 2.16. The molecule has 0 aliphatic rings. The molecule has 0 aliphatic heterocycles. The molecular weight excluding hydrogens is 226 g/mol. The van der Waals surface area contributed by atoms with Gasteiger partial charge < -0.3 is 15.2 Å². The van der Waals surface area contributed by atoms with E-state index in [2.05, 4.69) is 38.2 Å². The van der Waals surface area contributed by atoms with Crippen LogP contribution in [0.5, 0.6) is 5.75 Å². The molecule has 3 heteroatoms. The van der Waals surface area contributed by atoms with E-state index in [4.69, 9.17) is 9.84 Å². The van der Waals surface area contributed by atoms with Crippen LogP contribution < -0.4 is 10.1 Å². The molecule has 2 N–H and O–H groups in total.